The molecule has 0 saturated carbocycles. The van der Waals surface area contributed by atoms with E-state index in [0.717, 1.165) is 16.5 Å². The van der Waals surface area contributed by atoms with Crippen molar-refractivity contribution in [2.24, 2.45) is 5.92 Å². The van der Waals surface area contributed by atoms with Crippen molar-refractivity contribution in [2.45, 2.75) is 18.8 Å². The molecule has 0 spiro atoms. The van der Waals surface area contributed by atoms with E-state index in [4.69, 9.17) is 9.47 Å². The molecule has 44 heavy (non-hydrogen) atoms. The number of nitrogens with one attached hydrogen (secondary N) is 2. The number of carbonyl (C=O) groups excluding carboxylic acids is 3. The molecule has 1 saturated heterocycles. The van der Waals surface area contributed by atoms with Crippen molar-refractivity contribution in [3.8, 4) is 11.5 Å². The Hall–Kier alpha value is -4.86. The van der Waals surface area contributed by atoms with Gasteiger partial charge in [0.25, 0.3) is 5.91 Å². The lowest BCUT2D eigenvalue weighted by atomic mass is 9.88. The number of methoxy groups -OCH3 is 1. The molecule has 1 aromatic heterocycles. The molecule has 0 aliphatic carbocycles. The maximum absolute atomic E-state index is 14.3. The highest BCUT2D eigenvalue weighted by atomic mass is 19.1. The fourth-order valence-corrected chi connectivity index (χ4v) is 6.13. The van der Waals surface area contributed by atoms with Gasteiger partial charge in [-0.05, 0) is 60.0 Å². The third-order valence-corrected chi connectivity index (χ3v) is 8.53. The van der Waals surface area contributed by atoms with Crippen LogP contribution in [0.1, 0.15) is 33.8 Å². The summed E-state index contributed by atoms with van der Waals surface area (Å²) < 4.78 is 26.0. The molecule has 6 rings (SSSR count). The molecule has 0 radical (unpaired) electrons. The van der Waals surface area contributed by atoms with Crippen molar-refractivity contribution in [2.75, 3.05) is 46.4 Å². The molecule has 228 valence electrons. The number of likely N-dealkylation sites (tertiary alicyclic amines) is 1. The van der Waals surface area contributed by atoms with Crippen LogP contribution in [-0.2, 0) is 16.0 Å². The second-order valence-electron chi connectivity index (χ2n) is 11.3. The van der Waals surface area contributed by atoms with Crippen LogP contribution in [0.3, 0.4) is 0 Å². The summed E-state index contributed by atoms with van der Waals surface area (Å²) in [7, 11) is 1.56. The second-order valence-corrected chi connectivity index (χ2v) is 11.3. The number of H-pyrrole nitrogens is 1. The first-order valence-corrected chi connectivity index (χ1v) is 14.9. The summed E-state index contributed by atoms with van der Waals surface area (Å²) in [6.45, 7) is 1.93. The number of halogens is 1. The molecule has 0 unspecified atom stereocenters. The van der Waals surface area contributed by atoms with Gasteiger partial charge in [0.2, 0.25) is 11.8 Å². The summed E-state index contributed by atoms with van der Waals surface area (Å²) in [5.41, 5.74) is 2.70. The van der Waals surface area contributed by atoms with E-state index >= 15 is 0 Å². The Morgan fingerprint density at radius 3 is 2.68 bits per heavy atom. The minimum absolute atomic E-state index is 0.0778. The van der Waals surface area contributed by atoms with Crippen LogP contribution in [0.5, 0.6) is 11.5 Å². The van der Waals surface area contributed by atoms with Crippen LogP contribution in [0, 0.1) is 11.7 Å². The average Bonchev–Trinajstić information content (AvgIpc) is 3.70. The van der Waals surface area contributed by atoms with Crippen LogP contribution in [0.4, 0.5) is 4.39 Å². The van der Waals surface area contributed by atoms with E-state index in [0.29, 0.717) is 55.2 Å². The predicted molar refractivity (Wildman–Crippen MR) is 163 cm³/mol. The zero-order valence-electron chi connectivity index (χ0n) is 24.6. The van der Waals surface area contributed by atoms with Crippen LogP contribution in [0.25, 0.3) is 10.9 Å². The topological polar surface area (TPSA) is 104 Å². The first kappa shape index (κ1) is 29.2. The lowest BCUT2D eigenvalue weighted by Gasteiger charge is -2.25. The van der Waals surface area contributed by atoms with E-state index in [1.54, 1.807) is 47.2 Å². The molecule has 2 aliphatic heterocycles. The monoisotopic (exact) mass is 598 g/mol. The van der Waals surface area contributed by atoms with E-state index in [2.05, 4.69) is 10.3 Å². The number of fused-ring (bicyclic) bond motifs is 5. The molecule has 10 heteroatoms. The summed E-state index contributed by atoms with van der Waals surface area (Å²) in [6.07, 6.45) is 2.31. The van der Waals surface area contributed by atoms with Gasteiger partial charge in [0.1, 0.15) is 12.4 Å². The third-order valence-electron chi connectivity index (χ3n) is 8.53. The molecule has 4 aromatic rings. The van der Waals surface area contributed by atoms with Crippen LogP contribution >= 0.6 is 0 Å². The Morgan fingerprint density at radius 1 is 1.00 bits per heavy atom. The SMILES string of the molecule is COc1ccc2cc1OCCN(C(=O)c1ccc3[nH]ccc3c1)CCCNC(=O)[C@H]1CN(C(=O)Cc3ccccc3F)C[C@H]21. The number of nitrogens with zero attached hydrogens (tertiary/aromatic N) is 2. The predicted octanol–water partition coefficient (Wildman–Crippen LogP) is 4.14. The zero-order chi connectivity index (χ0) is 30.6. The molecule has 2 N–H and O–H groups in total. The first-order chi connectivity index (χ1) is 21.4. The van der Waals surface area contributed by atoms with E-state index in [1.807, 2.05) is 36.5 Å². The molecule has 1 fully saturated rings. The molecule has 2 aliphatic rings. The molecule has 2 atom stereocenters. The Kier molecular flexibility index (Phi) is 8.49. The number of aromatic nitrogens is 1. The maximum atomic E-state index is 14.3. The third kappa shape index (κ3) is 6.10. The highest BCUT2D eigenvalue weighted by molar-refractivity contribution is 5.98. The molecule has 3 aromatic carbocycles. The van der Waals surface area contributed by atoms with Crippen molar-refractivity contribution < 1.29 is 28.2 Å². The molecule has 9 nitrogen and oxygen atoms in total. The number of carbonyl (C=O) groups is 3. The van der Waals surface area contributed by atoms with Crippen LogP contribution in [-0.4, -0.2) is 78.9 Å². The number of benzene rings is 3. The zero-order valence-corrected chi connectivity index (χ0v) is 24.6. The minimum Gasteiger partial charge on any atom is -0.493 e. The molecule has 3 heterocycles. The van der Waals surface area contributed by atoms with Gasteiger partial charge in [0.15, 0.2) is 11.5 Å². The van der Waals surface area contributed by atoms with E-state index in [9.17, 15) is 18.8 Å². The minimum atomic E-state index is -0.505. The highest BCUT2D eigenvalue weighted by Gasteiger charge is 2.40. The van der Waals surface area contributed by atoms with Gasteiger partial charge in [-0.3, -0.25) is 14.4 Å². The summed E-state index contributed by atoms with van der Waals surface area (Å²) in [5, 5.41) is 4.00. The highest BCUT2D eigenvalue weighted by Crippen LogP contribution is 2.38. The Balaban J connectivity index is 1.23. The molecular formula is C34H35FN4O5. The first-order valence-electron chi connectivity index (χ1n) is 14.9. The second kappa shape index (κ2) is 12.8. The Morgan fingerprint density at radius 2 is 1.84 bits per heavy atom. The lowest BCUT2D eigenvalue weighted by molar-refractivity contribution is -0.130. The summed E-state index contributed by atoms with van der Waals surface area (Å²) in [5.74, 6) is -0.692. The summed E-state index contributed by atoms with van der Waals surface area (Å²) in [4.78, 5) is 46.9. The van der Waals surface area contributed by atoms with Gasteiger partial charge in [-0.1, -0.05) is 24.3 Å². The smallest absolute Gasteiger partial charge is 0.253 e. The summed E-state index contributed by atoms with van der Waals surface area (Å²) in [6, 6.07) is 19.3. The van der Waals surface area contributed by atoms with Crippen molar-refractivity contribution in [1.82, 2.24) is 20.1 Å². The molecular weight excluding hydrogens is 563 g/mol. The number of hydrogen-bond acceptors (Lipinski definition) is 5. The number of rotatable bonds is 4. The Labute approximate surface area is 254 Å². The van der Waals surface area contributed by atoms with Crippen LogP contribution in [0.2, 0.25) is 0 Å². The number of hydrogen-bond donors (Lipinski definition) is 2. The maximum Gasteiger partial charge on any atom is 0.253 e. The molecule has 3 amide bonds. The van der Waals surface area contributed by atoms with Gasteiger partial charge < -0.3 is 29.6 Å². The van der Waals surface area contributed by atoms with Gasteiger partial charge in [-0.2, -0.15) is 0 Å². The lowest BCUT2D eigenvalue weighted by Crippen LogP contribution is -2.39. The fraction of sp³-hybridized carbons (Fsp3) is 0.324. The van der Waals surface area contributed by atoms with Crippen molar-refractivity contribution in [3.63, 3.8) is 0 Å². The van der Waals surface area contributed by atoms with Crippen molar-refractivity contribution in [1.29, 1.82) is 0 Å². The largest absolute Gasteiger partial charge is 0.493 e. The number of amides is 3. The number of ether oxygens (including phenoxy) is 2. The van der Waals surface area contributed by atoms with Gasteiger partial charge in [-0.15, -0.1) is 0 Å². The van der Waals surface area contributed by atoms with Gasteiger partial charge in [-0.25, -0.2) is 4.39 Å². The fourth-order valence-electron chi connectivity index (χ4n) is 6.13. The van der Waals surface area contributed by atoms with E-state index in [-0.39, 0.29) is 43.2 Å². The van der Waals surface area contributed by atoms with E-state index < -0.39 is 11.7 Å². The Bertz CT molecular complexity index is 1690. The summed E-state index contributed by atoms with van der Waals surface area (Å²) >= 11 is 0. The van der Waals surface area contributed by atoms with Crippen molar-refractivity contribution in [3.05, 3.63) is 95.4 Å². The standard InChI is InChI=1S/C34H35FN4O5/c1-43-30-10-8-22-18-31(30)44-16-15-38(34(42)25-7-9-29-24(17-25)11-13-36-29)14-4-12-37-33(41)27-21-39(20-26(22)27)32(40)19-23-5-2-3-6-28(23)35/h2-3,5-11,13,17-18,26-27,36H,4,12,14-16,19-21H2,1H3,(H,37,41)/t26-,27+/m1/s1. The van der Waals surface area contributed by atoms with Gasteiger partial charge >= 0.3 is 0 Å². The normalized spacial score (nSPS) is 19.1. The van der Waals surface area contributed by atoms with E-state index in [1.165, 1.54) is 6.07 Å². The quantitative estimate of drug-likeness (QED) is 0.368. The molecule has 2 bridgehead atoms. The van der Waals surface area contributed by atoms with Crippen LogP contribution < -0.4 is 14.8 Å². The number of aromatic amines is 1. The average molecular weight is 599 g/mol. The van der Waals surface area contributed by atoms with Gasteiger partial charge in [0.05, 0.1) is 26.0 Å². The van der Waals surface area contributed by atoms with Crippen LogP contribution in [0.15, 0.2) is 72.9 Å². The van der Waals surface area contributed by atoms with Crippen molar-refractivity contribution >= 4 is 28.6 Å². The van der Waals surface area contributed by atoms with Gasteiger partial charge in [0, 0.05) is 54.8 Å².